The number of hydrogen-bond acceptors (Lipinski definition) is 3. The molecule has 1 N–H and O–H groups in total. The maximum atomic E-state index is 9.74. The van der Waals surface area contributed by atoms with Gasteiger partial charge >= 0.3 is 6.92 Å². The summed E-state index contributed by atoms with van der Waals surface area (Å²) in [4.78, 5) is 4.07. The van der Waals surface area contributed by atoms with Crippen LogP contribution >= 0.6 is 0 Å². The molecule has 1 aromatic heterocycles. The van der Waals surface area contributed by atoms with Gasteiger partial charge in [-0.1, -0.05) is 31.1 Å². The molecular weight excluding hydrogens is 249 g/mol. The van der Waals surface area contributed by atoms with Crippen molar-refractivity contribution in [3.8, 4) is 5.75 Å². The van der Waals surface area contributed by atoms with E-state index in [1.165, 1.54) is 0 Å². The highest BCUT2D eigenvalue weighted by Gasteiger charge is 2.09. The molecule has 0 atom stereocenters. The molecule has 20 heavy (non-hydrogen) atoms. The number of pyridine rings is 1. The van der Waals surface area contributed by atoms with E-state index in [0.29, 0.717) is 6.61 Å². The second-order valence-electron chi connectivity index (χ2n) is 4.56. The SMILES string of the molecule is CCOc1cc(/C=C/c2cccnc2)cc(B(C)O)c1. The Morgan fingerprint density at radius 2 is 2.05 bits per heavy atom. The van der Waals surface area contributed by atoms with Crippen molar-refractivity contribution in [2.24, 2.45) is 0 Å². The Morgan fingerprint density at radius 3 is 2.70 bits per heavy atom. The maximum absolute atomic E-state index is 9.74. The molecule has 0 aliphatic heterocycles. The van der Waals surface area contributed by atoms with Crippen molar-refractivity contribution in [1.82, 2.24) is 4.98 Å². The first kappa shape index (κ1) is 14.3. The van der Waals surface area contributed by atoms with Crippen molar-refractivity contribution >= 4 is 24.5 Å². The normalized spacial score (nSPS) is 10.8. The smallest absolute Gasteiger partial charge is 0.320 e. The van der Waals surface area contributed by atoms with Crippen LogP contribution in [0.25, 0.3) is 12.2 Å². The van der Waals surface area contributed by atoms with E-state index in [4.69, 9.17) is 4.74 Å². The summed E-state index contributed by atoms with van der Waals surface area (Å²) in [7, 11) is 0. The summed E-state index contributed by atoms with van der Waals surface area (Å²) in [6, 6.07) is 9.68. The third-order valence-corrected chi connectivity index (χ3v) is 2.90. The zero-order valence-corrected chi connectivity index (χ0v) is 11.8. The van der Waals surface area contributed by atoms with Crippen molar-refractivity contribution in [3.63, 3.8) is 0 Å². The second-order valence-corrected chi connectivity index (χ2v) is 4.56. The predicted molar refractivity (Wildman–Crippen MR) is 84.2 cm³/mol. The fourth-order valence-electron chi connectivity index (χ4n) is 1.90. The Labute approximate surface area is 120 Å². The van der Waals surface area contributed by atoms with E-state index >= 15 is 0 Å². The van der Waals surface area contributed by atoms with E-state index in [-0.39, 0.29) is 0 Å². The van der Waals surface area contributed by atoms with Crippen LogP contribution < -0.4 is 10.2 Å². The fourth-order valence-corrected chi connectivity index (χ4v) is 1.90. The second kappa shape index (κ2) is 6.92. The molecule has 0 aliphatic carbocycles. The number of benzene rings is 1. The summed E-state index contributed by atoms with van der Waals surface area (Å²) < 4.78 is 5.53. The van der Waals surface area contributed by atoms with Crippen molar-refractivity contribution in [3.05, 3.63) is 53.9 Å². The van der Waals surface area contributed by atoms with Crippen LogP contribution in [0.15, 0.2) is 42.7 Å². The van der Waals surface area contributed by atoms with Crippen molar-refractivity contribution in [2.45, 2.75) is 13.7 Å². The van der Waals surface area contributed by atoms with Crippen LogP contribution in [-0.4, -0.2) is 23.5 Å². The molecule has 4 heteroatoms. The summed E-state index contributed by atoms with van der Waals surface area (Å²) in [6.45, 7) is 3.79. The number of hydrogen-bond donors (Lipinski definition) is 1. The van der Waals surface area contributed by atoms with Gasteiger partial charge in [0, 0.05) is 12.4 Å². The molecule has 102 valence electrons. The molecule has 3 nitrogen and oxygen atoms in total. The van der Waals surface area contributed by atoms with Gasteiger partial charge in [-0.15, -0.1) is 0 Å². The quantitative estimate of drug-likeness (QED) is 0.846. The molecule has 0 saturated heterocycles. The lowest BCUT2D eigenvalue weighted by molar-refractivity contribution is 0.340. The Hall–Kier alpha value is -2.07. The standard InChI is InChI=1S/C16H18BNO2/c1-3-20-16-10-14(9-15(11-16)17(2)19)7-6-13-5-4-8-18-12-13/h4-12,19H,3H2,1-2H3/b7-6+. The molecule has 0 amide bonds. The first-order chi connectivity index (χ1) is 9.69. The summed E-state index contributed by atoms with van der Waals surface area (Å²) in [5.41, 5.74) is 2.88. The highest BCUT2D eigenvalue weighted by molar-refractivity contribution is 6.64. The number of ether oxygens (including phenoxy) is 1. The van der Waals surface area contributed by atoms with E-state index < -0.39 is 6.92 Å². The van der Waals surface area contributed by atoms with Crippen molar-refractivity contribution in [2.75, 3.05) is 6.61 Å². The zero-order valence-electron chi connectivity index (χ0n) is 11.8. The number of aromatic nitrogens is 1. The highest BCUT2D eigenvalue weighted by atomic mass is 16.5. The average Bonchev–Trinajstić information content (AvgIpc) is 2.46. The average molecular weight is 267 g/mol. The molecule has 1 heterocycles. The molecular formula is C16H18BNO2. The molecule has 0 saturated carbocycles. The van der Waals surface area contributed by atoms with E-state index in [0.717, 1.165) is 22.3 Å². The van der Waals surface area contributed by atoms with Crippen LogP contribution in [0.3, 0.4) is 0 Å². The topological polar surface area (TPSA) is 42.4 Å². The van der Waals surface area contributed by atoms with Crippen LogP contribution in [0, 0.1) is 0 Å². The number of rotatable bonds is 5. The van der Waals surface area contributed by atoms with Crippen LogP contribution in [0.2, 0.25) is 6.82 Å². The van der Waals surface area contributed by atoms with E-state index in [2.05, 4.69) is 4.98 Å². The van der Waals surface area contributed by atoms with Gasteiger partial charge in [0.25, 0.3) is 0 Å². The monoisotopic (exact) mass is 267 g/mol. The van der Waals surface area contributed by atoms with Crippen LogP contribution in [0.5, 0.6) is 5.75 Å². The van der Waals surface area contributed by atoms with Gasteiger partial charge in [-0.2, -0.15) is 0 Å². The van der Waals surface area contributed by atoms with Gasteiger partial charge in [0.1, 0.15) is 5.75 Å². The van der Waals surface area contributed by atoms with Crippen LogP contribution in [0.1, 0.15) is 18.1 Å². The summed E-state index contributed by atoms with van der Waals surface area (Å²) in [5, 5.41) is 9.74. The summed E-state index contributed by atoms with van der Waals surface area (Å²) in [6.07, 6.45) is 7.53. The molecule has 0 bridgehead atoms. The van der Waals surface area contributed by atoms with Gasteiger partial charge < -0.3 is 9.76 Å². The minimum absolute atomic E-state index is 0.513. The Balaban J connectivity index is 2.28. The lowest BCUT2D eigenvalue weighted by atomic mass is 9.64. The molecule has 0 radical (unpaired) electrons. The lowest BCUT2D eigenvalue weighted by Crippen LogP contribution is -2.26. The minimum atomic E-state index is -0.513. The lowest BCUT2D eigenvalue weighted by Gasteiger charge is -2.08. The third kappa shape index (κ3) is 3.97. The molecule has 2 rings (SSSR count). The largest absolute Gasteiger partial charge is 0.494 e. The molecule has 0 aliphatic rings. The first-order valence-corrected chi connectivity index (χ1v) is 6.73. The van der Waals surface area contributed by atoms with E-state index in [9.17, 15) is 5.02 Å². The Bertz CT molecular complexity index is 582. The van der Waals surface area contributed by atoms with Crippen molar-refractivity contribution < 1.29 is 9.76 Å². The van der Waals surface area contributed by atoms with Gasteiger partial charge in [-0.05, 0) is 41.7 Å². The predicted octanol–water partition coefficient (Wildman–Crippen LogP) is 2.47. The van der Waals surface area contributed by atoms with Gasteiger partial charge in [0.05, 0.1) is 6.61 Å². The van der Waals surface area contributed by atoms with Gasteiger partial charge in [-0.3, -0.25) is 4.98 Å². The molecule has 0 unspecified atom stereocenters. The van der Waals surface area contributed by atoms with Gasteiger partial charge in [0.2, 0.25) is 0 Å². The first-order valence-electron chi connectivity index (χ1n) is 6.73. The Kier molecular flexibility index (Phi) is 4.96. The van der Waals surface area contributed by atoms with E-state index in [1.54, 1.807) is 19.2 Å². The zero-order chi connectivity index (χ0) is 14.4. The van der Waals surface area contributed by atoms with Gasteiger partial charge in [-0.25, -0.2) is 0 Å². The summed E-state index contributed by atoms with van der Waals surface area (Å²) in [5.74, 6) is 0.775. The van der Waals surface area contributed by atoms with Crippen LogP contribution in [0.4, 0.5) is 0 Å². The fraction of sp³-hybridized carbons (Fsp3) is 0.188. The maximum Gasteiger partial charge on any atom is 0.320 e. The van der Waals surface area contributed by atoms with Gasteiger partial charge in [0.15, 0.2) is 0 Å². The number of nitrogens with zero attached hydrogens (tertiary/aromatic N) is 1. The minimum Gasteiger partial charge on any atom is -0.494 e. The summed E-state index contributed by atoms with van der Waals surface area (Å²) >= 11 is 0. The van der Waals surface area contributed by atoms with E-state index in [1.807, 2.05) is 49.4 Å². The molecule has 2 aromatic rings. The van der Waals surface area contributed by atoms with Crippen molar-refractivity contribution in [1.29, 1.82) is 0 Å². The molecule has 1 aromatic carbocycles. The van der Waals surface area contributed by atoms with Crippen LogP contribution in [-0.2, 0) is 0 Å². The molecule has 0 fully saturated rings. The third-order valence-electron chi connectivity index (χ3n) is 2.90. The highest BCUT2D eigenvalue weighted by Crippen LogP contribution is 2.15. The Morgan fingerprint density at radius 1 is 1.25 bits per heavy atom. The molecule has 0 spiro atoms.